The molecule has 2 N–H and O–H groups in total. The van der Waals surface area contributed by atoms with Crippen molar-refractivity contribution in [2.75, 3.05) is 13.1 Å². The van der Waals surface area contributed by atoms with E-state index in [1.807, 2.05) is 6.92 Å². The number of hydrogen-bond donors (Lipinski definition) is 2. The van der Waals surface area contributed by atoms with Crippen LogP contribution in [0.4, 0.5) is 4.39 Å². The van der Waals surface area contributed by atoms with Gasteiger partial charge in [0.25, 0.3) is 0 Å². The van der Waals surface area contributed by atoms with Crippen LogP contribution in [0.15, 0.2) is 24.3 Å². The van der Waals surface area contributed by atoms with Crippen LogP contribution < -0.4 is 5.32 Å². The molecule has 5 nitrogen and oxygen atoms in total. The van der Waals surface area contributed by atoms with Gasteiger partial charge in [0.15, 0.2) is 0 Å². The summed E-state index contributed by atoms with van der Waals surface area (Å²) in [5.41, 5.74) is 0.606. The second-order valence-electron chi connectivity index (χ2n) is 5.60. The van der Waals surface area contributed by atoms with Gasteiger partial charge in [-0.05, 0) is 43.5 Å². The van der Waals surface area contributed by atoms with Crippen LogP contribution in [-0.2, 0) is 9.59 Å². The van der Waals surface area contributed by atoms with Gasteiger partial charge in [-0.3, -0.25) is 14.5 Å². The molecule has 0 spiro atoms. The van der Waals surface area contributed by atoms with Gasteiger partial charge in [-0.2, -0.15) is 0 Å². The zero-order chi connectivity index (χ0) is 16.1. The van der Waals surface area contributed by atoms with E-state index < -0.39 is 12.0 Å². The molecule has 7 heteroatoms. The first-order valence-electron chi connectivity index (χ1n) is 7.53. The molecule has 0 aromatic heterocycles. The number of nitrogens with one attached hydrogen (secondary N) is 1. The largest absolute Gasteiger partial charge is 0.480 e. The van der Waals surface area contributed by atoms with Crippen LogP contribution >= 0.6 is 12.4 Å². The average Bonchev–Trinajstić information content (AvgIpc) is 3.24. The van der Waals surface area contributed by atoms with Gasteiger partial charge in [-0.1, -0.05) is 19.1 Å². The maximum Gasteiger partial charge on any atom is 0.317 e. The summed E-state index contributed by atoms with van der Waals surface area (Å²) in [5, 5.41) is 12.0. The van der Waals surface area contributed by atoms with Gasteiger partial charge in [-0.15, -0.1) is 12.4 Å². The Kier molecular flexibility index (Phi) is 7.45. The van der Waals surface area contributed by atoms with Crippen LogP contribution in [0.25, 0.3) is 0 Å². The Balaban J connectivity index is 0.00000264. The van der Waals surface area contributed by atoms with E-state index in [4.69, 9.17) is 5.11 Å². The number of hydrogen-bond acceptors (Lipinski definition) is 3. The van der Waals surface area contributed by atoms with Crippen LogP contribution in [0.2, 0.25) is 0 Å². The summed E-state index contributed by atoms with van der Waals surface area (Å²) in [5.74, 6) is -1.59. The zero-order valence-electron chi connectivity index (χ0n) is 13.0. The van der Waals surface area contributed by atoms with E-state index in [1.54, 1.807) is 4.90 Å². The maximum atomic E-state index is 13.1. The fourth-order valence-corrected chi connectivity index (χ4v) is 2.44. The summed E-state index contributed by atoms with van der Waals surface area (Å²) in [6, 6.07) is 5.13. The lowest BCUT2D eigenvalue weighted by Gasteiger charge is -2.29. The molecule has 1 fully saturated rings. The molecule has 1 atom stereocenters. The van der Waals surface area contributed by atoms with E-state index in [-0.39, 0.29) is 36.7 Å². The third kappa shape index (κ3) is 5.80. The highest BCUT2D eigenvalue weighted by Crippen LogP contribution is 2.25. The van der Waals surface area contributed by atoms with Crippen LogP contribution in [0, 0.1) is 5.82 Å². The number of carbonyl (C=O) groups is 2. The fraction of sp³-hybridized carbons (Fsp3) is 0.500. The van der Waals surface area contributed by atoms with Crippen LogP contribution in [0.5, 0.6) is 0 Å². The highest BCUT2D eigenvalue weighted by molar-refractivity contribution is 5.85. The number of carboxylic acids is 1. The van der Waals surface area contributed by atoms with Gasteiger partial charge in [0.05, 0.1) is 6.54 Å². The van der Waals surface area contributed by atoms with Crippen molar-refractivity contribution in [3.63, 3.8) is 0 Å². The van der Waals surface area contributed by atoms with Crippen molar-refractivity contribution in [1.82, 2.24) is 10.2 Å². The molecule has 2 rings (SSSR count). The van der Waals surface area contributed by atoms with Crippen LogP contribution in [-0.4, -0.2) is 41.0 Å². The number of carbonyl (C=O) groups excluding carboxylic acids is 1. The Morgan fingerprint density at radius 2 is 1.96 bits per heavy atom. The average molecular weight is 345 g/mol. The van der Waals surface area contributed by atoms with Gasteiger partial charge in [0, 0.05) is 6.04 Å². The Bertz CT molecular complexity index is 535. The van der Waals surface area contributed by atoms with Crippen LogP contribution in [0.3, 0.4) is 0 Å². The lowest BCUT2D eigenvalue weighted by Crippen LogP contribution is -2.43. The van der Waals surface area contributed by atoms with Gasteiger partial charge in [0.1, 0.15) is 11.9 Å². The topological polar surface area (TPSA) is 69.6 Å². The van der Waals surface area contributed by atoms with E-state index in [0.29, 0.717) is 12.1 Å². The highest BCUT2D eigenvalue weighted by Gasteiger charge is 2.32. The minimum atomic E-state index is -0.986. The molecule has 1 amide bonds. The first kappa shape index (κ1) is 19.4. The summed E-state index contributed by atoms with van der Waals surface area (Å²) in [7, 11) is 0. The molecule has 0 heterocycles. The SMILES string of the molecule is CCCN(CC(=O)O)C(C(=O)NC1CC1)c1ccc(F)cc1.Cl. The Labute approximate surface area is 141 Å². The number of rotatable bonds is 8. The van der Waals surface area contributed by atoms with Crippen molar-refractivity contribution in [2.45, 2.75) is 38.3 Å². The Morgan fingerprint density at radius 1 is 1.35 bits per heavy atom. The van der Waals surface area contributed by atoms with Gasteiger partial charge >= 0.3 is 5.97 Å². The molecule has 1 saturated carbocycles. The number of aliphatic carboxylic acids is 1. The second kappa shape index (κ2) is 8.84. The molecular weight excluding hydrogens is 323 g/mol. The normalized spacial score (nSPS) is 14.9. The molecule has 128 valence electrons. The minimum absolute atomic E-state index is 0. The zero-order valence-corrected chi connectivity index (χ0v) is 13.8. The van der Waals surface area contributed by atoms with Crippen molar-refractivity contribution in [3.8, 4) is 0 Å². The summed E-state index contributed by atoms with van der Waals surface area (Å²) >= 11 is 0. The summed E-state index contributed by atoms with van der Waals surface area (Å²) in [6.45, 7) is 2.18. The van der Waals surface area contributed by atoms with Gasteiger partial charge in [0.2, 0.25) is 5.91 Å². The molecule has 0 saturated heterocycles. The van der Waals surface area contributed by atoms with Gasteiger partial charge < -0.3 is 10.4 Å². The van der Waals surface area contributed by atoms with Crippen molar-refractivity contribution in [2.24, 2.45) is 0 Å². The van der Waals surface area contributed by atoms with E-state index in [9.17, 15) is 14.0 Å². The third-order valence-corrected chi connectivity index (χ3v) is 3.57. The molecule has 1 unspecified atom stereocenters. The van der Waals surface area contributed by atoms with E-state index >= 15 is 0 Å². The predicted molar refractivity (Wildman–Crippen MR) is 87.1 cm³/mol. The Morgan fingerprint density at radius 3 is 2.43 bits per heavy atom. The van der Waals surface area contributed by atoms with Crippen molar-refractivity contribution >= 4 is 24.3 Å². The maximum absolute atomic E-state index is 13.1. The number of benzene rings is 1. The van der Waals surface area contributed by atoms with Gasteiger partial charge in [-0.25, -0.2) is 4.39 Å². The predicted octanol–water partition coefficient (Wildman–Crippen LogP) is 2.36. The van der Waals surface area contributed by atoms with E-state index in [2.05, 4.69) is 5.32 Å². The highest BCUT2D eigenvalue weighted by atomic mass is 35.5. The van der Waals surface area contributed by atoms with Crippen LogP contribution in [0.1, 0.15) is 37.8 Å². The standard InChI is InChI=1S/C16H21FN2O3.ClH/c1-2-9-19(10-14(20)21)15(16(22)18-13-7-8-13)11-3-5-12(17)6-4-11;/h3-6,13,15H,2,7-10H2,1H3,(H,18,22)(H,20,21);1H. The molecule has 1 aliphatic carbocycles. The van der Waals surface area contributed by atoms with Crippen molar-refractivity contribution in [3.05, 3.63) is 35.6 Å². The van der Waals surface area contributed by atoms with Crippen molar-refractivity contribution in [1.29, 1.82) is 0 Å². The van der Waals surface area contributed by atoms with E-state index in [1.165, 1.54) is 24.3 Å². The first-order valence-corrected chi connectivity index (χ1v) is 7.53. The number of nitrogens with zero attached hydrogens (tertiary/aromatic N) is 1. The molecule has 1 aliphatic rings. The Hall–Kier alpha value is -1.66. The number of carboxylic acid groups (broad SMARTS) is 1. The molecule has 0 radical (unpaired) electrons. The quantitative estimate of drug-likeness (QED) is 0.759. The molecule has 23 heavy (non-hydrogen) atoms. The number of halogens is 2. The van der Waals surface area contributed by atoms with E-state index in [0.717, 1.165) is 19.3 Å². The summed E-state index contributed by atoms with van der Waals surface area (Å²) in [4.78, 5) is 25.3. The molecular formula is C16H22ClFN2O3. The first-order chi connectivity index (χ1) is 10.5. The summed E-state index contributed by atoms with van der Waals surface area (Å²) in [6.07, 6.45) is 2.63. The molecule has 1 aromatic rings. The monoisotopic (exact) mass is 344 g/mol. The third-order valence-electron chi connectivity index (χ3n) is 3.57. The van der Waals surface area contributed by atoms with Crippen molar-refractivity contribution < 1.29 is 19.1 Å². The molecule has 0 bridgehead atoms. The lowest BCUT2D eigenvalue weighted by molar-refractivity contribution is -0.140. The minimum Gasteiger partial charge on any atom is -0.480 e. The molecule has 0 aliphatic heterocycles. The lowest BCUT2D eigenvalue weighted by atomic mass is 10.0. The molecule has 1 aromatic carbocycles. The smallest absolute Gasteiger partial charge is 0.317 e. The summed E-state index contributed by atoms with van der Waals surface area (Å²) < 4.78 is 13.1. The second-order valence-corrected chi connectivity index (χ2v) is 5.60. The number of amides is 1. The fourth-order valence-electron chi connectivity index (χ4n) is 2.44.